The number of aromatic nitrogens is 3. The lowest BCUT2D eigenvalue weighted by atomic mass is 10.2. The highest BCUT2D eigenvalue weighted by molar-refractivity contribution is 5.24. The number of nitrogens with zero attached hydrogens (tertiary/aromatic N) is 4. The van der Waals surface area contributed by atoms with Crippen molar-refractivity contribution in [3.63, 3.8) is 0 Å². The Morgan fingerprint density at radius 3 is 2.77 bits per heavy atom. The van der Waals surface area contributed by atoms with Crippen molar-refractivity contribution < 1.29 is 0 Å². The van der Waals surface area contributed by atoms with Crippen LogP contribution in [0.2, 0.25) is 0 Å². The maximum absolute atomic E-state index is 8.76. The van der Waals surface area contributed by atoms with Crippen LogP contribution in [0.15, 0.2) is 0 Å². The molecule has 1 aromatic heterocycles. The molecule has 0 saturated heterocycles. The van der Waals surface area contributed by atoms with Crippen LogP contribution in [-0.4, -0.2) is 15.0 Å². The van der Waals surface area contributed by atoms with E-state index >= 15 is 0 Å². The average Bonchev–Trinajstić information content (AvgIpc) is 2.56. The van der Waals surface area contributed by atoms with Gasteiger partial charge in [0.15, 0.2) is 5.69 Å². The second-order valence-electron chi connectivity index (χ2n) is 2.92. The summed E-state index contributed by atoms with van der Waals surface area (Å²) in [5, 5.41) is 16.5. The fraction of sp³-hybridized carbons (Fsp3) is 0.667. The maximum Gasteiger partial charge on any atom is 0.185 e. The van der Waals surface area contributed by atoms with Gasteiger partial charge in [-0.2, -0.15) is 5.26 Å². The van der Waals surface area contributed by atoms with Crippen LogP contribution in [-0.2, 0) is 13.0 Å². The molecular formula is C9H14N4. The van der Waals surface area contributed by atoms with E-state index in [0.717, 1.165) is 31.5 Å². The normalized spacial score (nSPS) is 9.92. The molecule has 0 aliphatic heterocycles. The van der Waals surface area contributed by atoms with Gasteiger partial charge >= 0.3 is 0 Å². The highest BCUT2D eigenvalue weighted by Gasteiger charge is 2.09. The molecule has 1 heterocycles. The highest BCUT2D eigenvalue weighted by Crippen LogP contribution is 2.08. The molecule has 0 bridgehead atoms. The van der Waals surface area contributed by atoms with Crippen LogP contribution in [0.1, 0.15) is 38.1 Å². The fourth-order valence-corrected chi connectivity index (χ4v) is 1.27. The molecule has 4 nitrogen and oxygen atoms in total. The van der Waals surface area contributed by atoms with Crippen molar-refractivity contribution >= 4 is 0 Å². The summed E-state index contributed by atoms with van der Waals surface area (Å²) in [7, 11) is 0. The third-order valence-electron chi connectivity index (χ3n) is 2.01. The van der Waals surface area contributed by atoms with Crippen molar-refractivity contribution in [3.8, 4) is 6.07 Å². The van der Waals surface area contributed by atoms with Gasteiger partial charge in [0.2, 0.25) is 0 Å². The van der Waals surface area contributed by atoms with Gasteiger partial charge in [0.05, 0.1) is 5.69 Å². The lowest BCUT2D eigenvalue weighted by Gasteiger charge is -2.01. The summed E-state index contributed by atoms with van der Waals surface area (Å²) >= 11 is 0. The number of unbranched alkanes of at least 4 members (excludes halogenated alkanes) is 1. The van der Waals surface area contributed by atoms with Crippen molar-refractivity contribution in [1.29, 1.82) is 5.26 Å². The summed E-state index contributed by atoms with van der Waals surface area (Å²) in [6.45, 7) is 4.92. The van der Waals surface area contributed by atoms with E-state index in [1.807, 2.05) is 6.92 Å². The van der Waals surface area contributed by atoms with E-state index in [0.29, 0.717) is 5.69 Å². The third-order valence-corrected chi connectivity index (χ3v) is 2.01. The lowest BCUT2D eigenvalue weighted by Crippen LogP contribution is -2.03. The quantitative estimate of drug-likeness (QED) is 0.702. The molecule has 13 heavy (non-hydrogen) atoms. The van der Waals surface area contributed by atoms with Crippen LogP contribution in [0, 0.1) is 11.3 Å². The smallest absolute Gasteiger partial charge is 0.185 e. The number of aryl methyl sites for hydroxylation is 1. The van der Waals surface area contributed by atoms with Gasteiger partial charge in [-0.3, -0.25) is 0 Å². The molecule has 0 spiro atoms. The molecule has 0 amide bonds. The molecule has 4 heteroatoms. The van der Waals surface area contributed by atoms with Gasteiger partial charge in [0.25, 0.3) is 0 Å². The summed E-state index contributed by atoms with van der Waals surface area (Å²) in [5.41, 5.74) is 1.46. The number of hydrogen-bond acceptors (Lipinski definition) is 3. The van der Waals surface area contributed by atoms with E-state index in [1.54, 1.807) is 4.68 Å². The SMILES string of the molecule is CCCCc1c(C#N)nnn1CC. The van der Waals surface area contributed by atoms with Crippen molar-refractivity contribution in [2.75, 3.05) is 0 Å². The molecule has 70 valence electrons. The first-order valence-corrected chi connectivity index (χ1v) is 4.65. The van der Waals surface area contributed by atoms with E-state index in [1.165, 1.54) is 0 Å². The molecule has 0 N–H and O–H groups in total. The van der Waals surface area contributed by atoms with Crippen molar-refractivity contribution in [2.24, 2.45) is 0 Å². The number of hydrogen-bond donors (Lipinski definition) is 0. The third kappa shape index (κ3) is 2.05. The highest BCUT2D eigenvalue weighted by atomic mass is 15.4. The largest absolute Gasteiger partial charge is 0.248 e. The van der Waals surface area contributed by atoms with Crippen molar-refractivity contribution in [1.82, 2.24) is 15.0 Å². The summed E-state index contributed by atoms with van der Waals surface area (Å²) in [4.78, 5) is 0. The van der Waals surface area contributed by atoms with Crippen LogP contribution >= 0.6 is 0 Å². The van der Waals surface area contributed by atoms with Crippen molar-refractivity contribution in [3.05, 3.63) is 11.4 Å². The second kappa shape index (κ2) is 4.61. The van der Waals surface area contributed by atoms with Crippen LogP contribution < -0.4 is 0 Å². The molecule has 0 saturated carbocycles. The zero-order valence-corrected chi connectivity index (χ0v) is 8.12. The van der Waals surface area contributed by atoms with E-state index in [-0.39, 0.29) is 0 Å². The molecule has 0 aliphatic carbocycles. The summed E-state index contributed by atoms with van der Waals surface area (Å²) < 4.78 is 1.80. The first-order chi connectivity index (χ1) is 6.33. The predicted molar refractivity (Wildman–Crippen MR) is 49.0 cm³/mol. The first kappa shape index (κ1) is 9.72. The van der Waals surface area contributed by atoms with E-state index in [9.17, 15) is 0 Å². The average molecular weight is 178 g/mol. The Labute approximate surface area is 78.2 Å². The van der Waals surface area contributed by atoms with E-state index < -0.39 is 0 Å². The zero-order valence-electron chi connectivity index (χ0n) is 8.12. The minimum absolute atomic E-state index is 0.482. The minimum Gasteiger partial charge on any atom is -0.248 e. The Morgan fingerprint density at radius 1 is 1.46 bits per heavy atom. The summed E-state index contributed by atoms with van der Waals surface area (Å²) in [6.07, 6.45) is 3.11. The van der Waals surface area contributed by atoms with Crippen LogP contribution in [0.5, 0.6) is 0 Å². The first-order valence-electron chi connectivity index (χ1n) is 4.65. The van der Waals surface area contributed by atoms with Gasteiger partial charge in [0.1, 0.15) is 6.07 Å². The second-order valence-corrected chi connectivity index (χ2v) is 2.92. The monoisotopic (exact) mass is 178 g/mol. The topological polar surface area (TPSA) is 54.5 Å². The number of nitriles is 1. The van der Waals surface area contributed by atoms with Crippen LogP contribution in [0.3, 0.4) is 0 Å². The molecule has 0 aliphatic rings. The lowest BCUT2D eigenvalue weighted by molar-refractivity contribution is 0.587. The number of rotatable bonds is 4. The van der Waals surface area contributed by atoms with Crippen molar-refractivity contribution in [2.45, 2.75) is 39.7 Å². The molecule has 0 atom stereocenters. The minimum atomic E-state index is 0.482. The Balaban J connectivity index is 2.86. The molecule has 1 rings (SSSR count). The van der Waals surface area contributed by atoms with Gasteiger partial charge in [0, 0.05) is 6.54 Å². The Hall–Kier alpha value is -1.37. The summed E-state index contributed by atoms with van der Waals surface area (Å²) in [5.74, 6) is 0. The van der Waals surface area contributed by atoms with Gasteiger partial charge < -0.3 is 0 Å². The van der Waals surface area contributed by atoms with Gasteiger partial charge in [-0.05, 0) is 19.8 Å². The predicted octanol–water partition coefficient (Wildman–Crippen LogP) is 1.51. The fourth-order valence-electron chi connectivity index (χ4n) is 1.27. The zero-order chi connectivity index (χ0) is 9.68. The van der Waals surface area contributed by atoms with E-state index in [4.69, 9.17) is 5.26 Å². The molecule has 0 unspecified atom stereocenters. The Kier molecular flexibility index (Phi) is 3.44. The molecule has 0 fully saturated rings. The van der Waals surface area contributed by atoms with Gasteiger partial charge in [-0.25, -0.2) is 4.68 Å². The molecular weight excluding hydrogens is 164 g/mol. The maximum atomic E-state index is 8.76. The van der Waals surface area contributed by atoms with Gasteiger partial charge in [-0.1, -0.05) is 18.6 Å². The molecule has 0 radical (unpaired) electrons. The molecule has 1 aromatic rings. The van der Waals surface area contributed by atoms with Crippen LogP contribution in [0.25, 0.3) is 0 Å². The van der Waals surface area contributed by atoms with E-state index in [2.05, 4.69) is 23.3 Å². The Bertz CT molecular complexity index is 308. The summed E-state index contributed by atoms with van der Waals surface area (Å²) in [6, 6.07) is 2.06. The van der Waals surface area contributed by atoms with Crippen LogP contribution in [0.4, 0.5) is 0 Å². The van der Waals surface area contributed by atoms with Gasteiger partial charge in [-0.15, -0.1) is 5.10 Å². The molecule has 0 aromatic carbocycles. The Morgan fingerprint density at radius 2 is 2.23 bits per heavy atom. The standard InChI is InChI=1S/C9H14N4/c1-3-5-6-9-8(7-10)11-12-13(9)4-2/h3-6H2,1-2H3.